The molecule has 0 bridgehead atoms. The first kappa shape index (κ1) is 17.3. The summed E-state index contributed by atoms with van der Waals surface area (Å²) in [6.45, 7) is 2.29. The summed E-state index contributed by atoms with van der Waals surface area (Å²) in [5.74, 6) is 0.420. The zero-order valence-corrected chi connectivity index (χ0v) is 14.9. The van der Waals surface area contributed by atoms with Crippen molar-refractivity contribution in [3.05, 3.63) is 59.0 Å². The van der Waals surface area contributed by atoms with Gasteiger partial charge in [0.15, 0.2) is 0 Å². The molecular weight excluding hydrogens is 342 g/mol. The molecule has 6 nitrogen and oxygen atoms in total. The van der Waals surface area contributed by atoms with Gasteiger partial charge in [-0.2, -0.15) is 5.10 Å². The van der Waals surface area contributed by atoms with Crippen molar-refractivity contribution >= 4 is 17.6 Å². The number of rotatable bonds is 5. The molecule has 0 radical (unpaired) electrons. The number of nitrogens with zero attached hydrogens (tertiary/aromatic N) is 3. The molecule has 0 aliphatic carbocycles. The Morgan fingerprint density at radius 1 is 1.28 bits per heavy atom. The predicted octanol–water partition coefficient (Wildman–Crippen LogP) is 3.69. The summed E-state index contributed by atoms with van der Waals surface area (Å²) in [4.78, 5) is 11.9. The van der Waals surface area contributed by atoms with Gasteiger partial charge in [-0.3, -0.25) is 0 Å². The molecule has 2 heterocycles. The van der Waals surface area contributed by atoms with E-state index >= 15 is 0 Å². The molecule has 0 atom stereocenters. The number of aryl methyl sites for hydroxylation is 1. The first-order valence-corrected chi connectivity index (χ1v) is 8.01. The minimum absolute atomic E-state index is 0.342. The first-order chi connectivity index (χ1) is 12.0. The van der Waals surface area contributed by atoms with E-state index in [2.05, 4.69) is 5.10 Å². The molecule has 0 saturated heterocycles. The third-order valence-corrected chi connectivity index (χ3v) is 4.39. The summed E-state index contributed by atoms with van der Waals surface area (Å²) in [6.07, 6.45) is 5.56. The molecule has 0 N–H and O–H groups in total. The Labute approximate surface area is 150 Å². The van der Waals surface area contributed by atoms with Crippen LogP contribution in [-0.4, -0.2) is 34.5 Å². The average Bonchev–Trinajstić information content (AvgIpc) is 3.25. The number of carbonyl (C=O) groups is 1. The van der Waals surface area contributed by atoms with Crippen LogP contribution in [0.15, 0.2) is 42.9 Å². The van der Waals surface area contributed by atoms with E-state index in [-0.39, 0.29) is 0 Å². The van der Waals surface area contributed by atoms with Crippen molar-refractivity contribution in [1.29, 1.82) is 0 Å². The summed E-state index contributed by atoms with van der Waals surface area (Å²) in [5.41, 5.74) is 2.86. The summed E-state index contributed by atoms with van der Waals surface area (Å²) in [5, 5.41) is 4.82. The summed E-state index contributed by atoms with van der Waals surface area (Å²) < 4.78 is 13.7. The van der Waals surface area contributed by atoms with E-state index in [1.165, 1.54) is 7.11 Å². The van der Waals surface area contributed by atoms with Crippen LogP contribution in [0, 0.1) is 6.92 Å². The van der Waals surface area contributed by atoms with Gasteiger partial charge in [-0.25, -0.2) is 9.48 Å². The molecule has 3 rings (SSSR count). The summed E-state index contributed by atoms with van der Waals surface area (Å²) >= 11 is 6.23. The Hall–Kier alpha value is -2.57. The predicted molar refractivity (Wildman–Crippen MR) is 95.1 cm³/mol. The van der Waals surface area contributed by atoms with Gasteiger partial charge in [-0.15, -0.1) is 0 Å². The molecule has 0 saturated carbocycles. The molecule has 130 valence electrons. The number of hydrogen-bond acceptors (Lipinski definition) is 4. The van der Waals surface area contributed by atoms with E-state index in [0.29, 0.717) is 17.3 Å². The van der Waals surface area contributed by atoms with E-state index in [4.69, 9.17) is 21.1 Å². The highest BCUT2D eigenvalue weighted by molar-refractivity contribution is 6.34. The fraction of sp³-hybridized carbons (Fsp3) is 0.222. The minimum atomic E-state index is -0.462. The largest absolute Gasteiger partial charge is 0.465 e. The van der Waals surface area contributed by atoms with Crippen LogP contribution in [0.4, 0.5) is 0 Å². The van der Waals surface area contributed by atoms with Gasteiger partial charge in [0.1, 0.15) is 12.5 Å². The SMILES string of the molecule is COCn1cccc1-n1cc(-c2cc(C)c(Cl)c(C(=O)OC)c2)cn1. The van der Waals surface area contributed by atoms with Crippen LogP contribution in [0.25, 0.3) is 16.9 Å². The van der Waals surface area contributed by atoms with Crippen molar-refractivity contribution in [3.63, 3.8) is 0 Å². The van der Waals surface area contributed by atoms with Gasteiger partial charge < -0.3 is 14.0 Å². The first-order valence-electron chi connectivity index (χ1n) is 7.63. The number of hydrogen-bond donors (Lipinski definition) is 0. The fourth-order valence-corrected chi connectivity index (χ4v) is 2.84. The lowest BCUT2D eigenvalue weighted by Crippen LogP contribution is -2.06. The molecule has 2 aromatic heterocycles. The molecule has 1 aromatic carbocycles. The number of ether oxygens (including phenoxy) is 2. The molecule has 7 heteroatoms. The Morgan fingerprint density at radius 3 is 2.80 bits per heavy atom. The Bertz CT molecular complexity index is 914. The average molecular weight is 360 g/mol. The van der Waals surface area contributed by atoms with Crippen LogP contribution in [0.3, 0.4) is 0 Å². The minimum Gasteiger partial charge on any atom is -0.465 e. The van der Waals surface area contributed by atoms with E-state index in [1.54, 1.807) is 24.1 Å². The van der Waals surface area contributed by atoms with Gasteiger partial charge in [-0.1, -0.05) is 11.6 Å². The monoisotopic (exact) mass is 359 g/mol. The van der Waals surface area contributed by atoms with Crippen LogP contribution >= 0.6 is 11.6 Å². The zero-order chi connectivity index (χ0) is 18.0. The van der Waals surface area contributed by atoms with Crippen molar-refractivity contribution in [2.24, 2.45) is 0 Å². The fourth-order valence-electron chi connectivity index (χ4n) is 2.65. The lowest BCUT2D eigenvalue weighted by molar-refractivity contribution is 0.0601. The second-order valence-electron chi connectivity index (χ2n) is 5.57. The van der Waals surface area contributed by atoms with E-state index in [9.17, 15) is 4.79 Å². The van der Waals surface area contributed by atoms with Crippen LogP contribution in [0.2, 0.25) is 5.02 Å². The van der Waals surface area contributed by atoms with Crippen molar-refractivity contribution in [2.45, 2.75) is 13.7 Å². The van der Waals surface area contributed by atoms with Crippen LogP contribution in [0.1, 0.15) is 15.9 Å². The maximum Gasteiger partial charge on any atom is 0.339 e. The second-order valence-corrected chi connectivity index (χ2v) is 5.95. The summed E-state index contributed by atoms with van der Waals surface area (Å²) in [6, 6.07) is 7.52. The van der Waals surface area contributed by atoms with Crippen molar-refractivity contribution in [2.75, 3.05) is 14.2 Å². The van der Waals surface area contributed by atoms with Gasteiger partial charge in [0.25, 0.3) is 0 Å². The molecule has 3 aromatic rings. The van der Waals surface area contributed by atoms with E-state index < -0.39 is 5.97 Å². The van der Waals surface area contributed by atoms with Crippen molar-refractivity contribution < 1.29 is 14.3 Å². The molecule has 0 amide bonds. The van der Waals surface area contributed by atoms with Crippen molar-refractivity contribution in [1.82, 2.24) is 14.3 Å². The number of aromatic nitrogens is 3. The lowest BCUT2D eigenvalue weighted by Gasteiger charge is -2.09. The van der Waals surface area contributed by atoms with Gasteiger partial charge in [0.05, 0.1) is 23.9 Å². The molecule has 0 aliphatic heterocycles. The van der Waals surface area contributed by atoms with E-state index in [0.717, 1.165) is 22.5 Å². The third-order valence-electron chi connectivity index (χ3n) is 3.88. The number of benzene rings is 1. The van der Waals surface area contributed by atoms with Crippen LogP contribution in [-0.2, 0) is 16.2 Å². The normalized spacial score (nSPS) is 10.9. The Balaban J connectivity index is 2.01. The maximum atomic E-state index is 11.9. The quantitative estimate of drug-likeness (QED) is 0.652. The van der Waals surface area contributed by atoms with Gasteiger partial charge in [0, 0.05) is 25.1 Å². The topological polar surface area (TPSA) is 58.3 Å². The van der Waals surface area contributed by atoms with E-state index in [1.807, 2.05) is 42.1 Å². The highest BCUT2D eigenvalue weighted by atomic mass is 35.5. The lowest BCUT2D eigenvalue weighted by atomic mass is 10.0. The zero-order valence-electron chi connectivity index (χ0n) is 14.2. The highest BCUT2D eigenvalue weighted by Gasteiger charge is 2.16. The standard InChI is InChI=1S/C18H18ClN3O3/c1-12-7-13(8-15(17(12)19)18(23)25-3)14-9-20-22(10-14)16-5-4-6-21(16)11-24-2/h4-10H,11H2,1-3H3. The van der Waals surface area contributed by atoms with Crippen LogP contribution < -0.4 is 0 Å². The molecule has 25 heavy (non-hydrogen) atoms. The second kappa shape index (κ2) is 7.13. The number of methoxy groups -OCH3 is 2. The number of esters is 1. The highest BCUT2D eigenvalue weighted by Crippen LogP contribution is 2.29. The smallest absolute Gasteiger partial charge is 0.339 e. The Kier molecular flexibility index (Phi) is 4.92. The van der Waals surface area contributed by atoms with Crippen LogP contribution in [0.5, 0.6) is 0 Å². The maximum absolute atomic E-state index is 11.9. The molecule has 0 aliphatic rings. The molecule has 0 spiro atoms. The number of carbonyl (C=O) groups excluding carboxylic acids is 1. The van der Waals surface area contributed by atoms with Crippen molar-refractivity contribution in [3.8, 4) is 16.9 Å². The Morgan fingerprint density at radius 2 is 2.08 bits per heavy atom. The van der Waals surface area contributed by atoms with Gasteiger partial charge in [0.2, 0.25) is 0 Å². The third kappa shape index (κ3) is 3.31. The summed E-state index contributed by atoms with van der Waals surface area (Å²) in [7, 11) is 2.98. The molecular formula is C18H18ClN3O3. The molecule has 0 unspecified atom stereocenters. The van der Waals surface area contributed by atoms with Gasteiger partial charge in [-0.05, 0) is 42.3 Å². The van der Waals surface area contributed by atoms with Gasteiger partial charge >= 0.3 is 5.97 Å². The molecule has 0 fully saturated rings. The number of halogens is 1.